The summed E-state index contributed by atoms with van der Waals surface area (Å²) in [5.41, 5.74) is 7.33. The Kier molecular flexibility index (Phi) is 2.67. The molecule has 0 aromatic carbocycles. The molecule has 0 radical (unpaired) electrons. The van der Waals surface area contributed by atoms with Gasteiger partial charge in [0, 0.05) is 12.4 Å². The van der Waals surface area contributed by atoms with Crippen molar-refractivity contribution in [2.24, 2.45) is 5.73 Å². The predicted molar refractivity (Wildman–Crippen MR) is 79.2 cm³/mol. The van der Waals surface area contributed by atoms with E-state index in [-0.39, 0.29) is 17.0 Å². The van der Waals surface area contributed by atoms with Gasteiger partial charge < -0.3 is 10.3 Å². The van der Waals surface area contributed by atoms with Crippen LogP contribution < -0.4 is 11.3 Å². The van der Waals surface area contributed by atoms with Gasteiger partial charge >= 0.3 is 0 Å². The fourth-order valence-corrected chi connectivity index (χ4v) is 2.64. The van der Waals surface area contributed by atoms with Crippen LogP contribution in [0, 0.1) is 6.92 Å². The summed E-state index contributed by atoms with van der Waals surface area (Å²) in [5.74, 6) is 0.626. The smallest absolute Gasteiger partial charge is 0.270 e. The van der Waals surface area contributed by atoms with Crippen molar-refractivity contribution in [1.29, 1.82) is 0 Å². The van der Waals surface area contributed by atoms with Crippen LogP contribution in [0.25, 0.3) is 17.1 Å². The highest BCUT2D eigenvalue weighted by atomic mass is 16.5. The summed E-state index contributed by atoms with van der Waals surface area (Å²) in [6.45, 7) is 1.95. The predicted octanol–water partition coefficient (Wildman–Crippen LogP) is 1.39. The van der Waals surface area contributed by atoms with Gasteiger partial charge in [-0.3, -0.25) is 9.20 Å². The molecule has 7 heteroatoms. The van der Waals surface area contributed by atoms with E-state index in [1.54, 1.807) is 6.20 Å². The second-order valence-electron chi connectivity index (χ2n) is 5.84. The van der Waals surface area contributed by atoms with Crippen LogP contribution >= 0.6 is 0 Å². The largest absolute Gasteiger partial charge is 0.334 e. The first-order valence-electron chi connectivity index (χ1n) is 7.18. The molecule has 0 bridgehead atoms. The minimum atomic E-state index is -0.515. The summed E-state index contributed by atoms with van der Waals surface area (Å²) >= 11 is 0. The summed E-state index contributed by atoms with van der Waals surface area (Å²) in [7, 11) is 0. The van der Waals surface area contributed by atoms with Gasteiger partial charge in [-0.25, -0.2) is 4.98 Å². The number of aryl methyl sites for hydroxylation is 1. The van der Waals surface area contributed by atoms with Gasteiger partial charge in [-0.2, -0.15) is 4.98 Å². The van der Waals surface area contributed by atoms with Gasteiger partial charge in [0.2, 0.25) is 0 Å². The van der Waals surface area contributed by atoms with Crippen molar-refractivity contribution in [3.63, 3.8) is 0 Å². The number of aromatic nitrogens is 4. The van der Waals surface area contributed by atoms with E-state index in [1.165, 1.54) is 10.6 Å². The zero-order chi connectivity index (χ0) is 15.3. The van der Waals surface area contributed by atoms with Gasteiger partial charge in [0.25, 0.3) is 11.4 Å². The highest BCUT2D eigenvalue weighted by Crippen LogP contribution is 2.37. The summed E-state index contributed by atoms with van der Waals surface area (Å²) in [5, 5.41) is 3.93. The highest BCUT2D eigenvalue weighted by molar-refractivity contribution is 5.53. The van der Waals surface area contributed by atoms with E-state index in [4.69, 9.17) is 10.3 Å². The summed E-state index contributed by atoms with van der Waals surface area (Å²) in [6, 6.07) is 3.69. The third-order valence-electron chi connectivity index (χ3n) is 4.21. The molecule has 3 aromatic rings. The third-order valence-corrected chi connectivity index (χ3v) is 4.21. The molecule has 1 aliphatic carbocycles. The lowest BCUT2D eigenvalue weighted by atomic mass is 9.77. The van der Waals surface area contributed by atoms with Crippen molar-refractivity contribution in [3.8, 4) is 11.5 Å². The Bertz CT molecular complexity index is 923. The molecule has 0 atom stereocenters. The SMILES string of the molecule is Cc1ccn2c(=O)c(-c3nc(C4(N)CCC4)no3)cnc2c1. The van der Waals surface area contributed by atoms with Crippen molar-refractivity contribution < 1.29 is 4.52 Å². The van der Waals surface area contributed by atoms with E-state index in [0.29, 0.717) is 11.5 Å². The first-order valence-corrected chi connectivity index (χ1v) is 7.18. The standard InChI is InChI=1S/C15H15N5O2/c1-9-3-6-20-11(7-9)17-8-10(13(20)21)12-18-14(19-22-12)15(16)4-2-5-15/h3,6-8H,2,4-5,16H2,1H3. The van der Waals surface area contributed by atoms with Gasteiger partial charge in [-0.05, 0) is 43.9 Å². The van der Waals surface area contributed by atoms with Gasteiger partial charge in [0.15, 0.2) is 5.82 Å². The number of hydrogen-bond acceptors (Lipinski definition) is 6. The maximum absolute atomic E-state index is 12.5. The maximum atomic E-state index is 12.5. The van der Waals surface area contributed by atoms with E-state index in [0.717, 1.165) is 24.8 Å². The summed E-state index contributed by atoms with van der Waals surface area (Å²) < 4.78 is 6.70. The van der Waals surface area contributed by atoms with E-state index >= 15 is 0 Å². The monoisotopic (exact) mass is 297 g/mol. The molecule has 3 aromatic heterocycles. The molecule has 112 valence electrons. The van der Waals surface area contributed by atoms with Crippen LogP contribution in [0.4, 0.5) is 0 Å². The molecule has 0 amide bonds. The zero-order valence-electron chi connectivity index (χ0n) is 12.1. The zero-order valence-corrected chi connectivity index (χ0v) is 12.1. The minimum Gasteiger partial charge on any atom is -0.334 e. The molecular weight excluding hydrogens is 282 g/mol. The van der Waals surface area contributed by atoms with Crippen molar-refractivity contribution in [1.82, 2.24) is 19.5 Å². The first-order chi connectivity index (χ1) is 10.6. The lowest BCUT2D eigenvalue weighted by molar-refractivity contribution is 0.229. The second kappa shape index (κ2) is 4.48. The topological polar surface area (TPSA) is 99.3 Å². The second-order valence-corrected chi connectivity index (χ2v) is 5.84. The van der Waals surface area contributed by atoms with E-state index in [2.05, 4.69) is 15.1 Å². The average molecular weight is 297 g/mol. The van der Waals surface area contributed by atoms with Crippen LogP contribution in [0.3, 0.4) is 0 Å². The van der Waals surface area contributed by atoms with Crippen LogP contribution in [0.5, 0.6) is 0 Å². The Balaban J connectivity index is 1.83. The van der Waals surface area contributed by atoms with Crippen molar-refractivity contribution >= 4 is 5.65 Å². The number of fused-ring (bicyclic) bond motifs is 1. The Morgan fingerprint density at radius 3 is 2.95 bits per heavy atom. The normalized spacial score (nSPS) is 16.6. The van der Waals surface area contributed by atoms with Crippen LogP contribution in [0.1, 0.15) is 30.7 Å². The Labute approximate surface area is 125 Å². The molecule has 0 aliphatic heterocycles. The summed E-state index contributed by atoms with van der Waals surface area (Å²) in [4.78, 5) is 21.1. The van der Waals surface area contributed by atoms with Gasteiger partial charge in [-0.1, -0.05) is 5.16 Å². The molecule has 3 heterocycles. The molecule has 0 unspecified atom stereocenters. The maximum Gasteiger partial charge on any atom is 0.270 e. The van der Waals surface area contributed by atoms with Crippen molar-refractivity contribution in [2.45, 2.75) is 31.7 Å². The molecule has 1 fully saturated rings. The van der Waals surface area contributed by atoms with Crippen LogP contribution in [0.2, 0.25) is 0 Å². The third kappa shape index (κ3) is 1.86. The highest BCUT2D eigenvalue weighted by Gasteiger charge is 2.39. The number of hydrogen-bond donors (Lipinski definition) is 1. The molecule has 1 saturated carbocycles. The van der Waals surface area contributed by atoms with Gasteiger partial charge in [0.1, 0.15) is 11.2 Å². The van der Waals surface area contributed by atoms with Crippen molar-refractivity contribution in [3.05, 3.63) is 46.3 Å². The molecule has 4 rings (SSSR count). The number of nitrogens with two attached hydrogens (primary N) is 1. The molecule has 2 N–H and O–H groups in total. The molecule has 1 aliphatic rings. The molecular formula is C15H15N5O2. The van der Waals surface area contributed by atoms with E-state index in [9.17, 15) is 4.79 Å². The van der Waals surface area contributed by atoms with Gasteiger partial charge in [0.05, 0.1) is 5.54 Å². The summed E-state index contributed by atoms with van der Waals surface area (Å²) in [6.07, 6.45) is 5.88. The quantitative estimate of drug-likeness (QED) is 0.767. The number of nitrogens with zero attached hydrogens (tertiary/aromatic N) is 4. The van der Waals surface area contributed by atoms with E-state index in [1.807, 2.05) is 19.1 Å². The molecule has 0 spiro atoms. The van der Waals surface area contributed by atoms with Crippen LogP contribution in [-0.2, 0) is 5.54 Å². The lowest BCUT2D eigenvalue weighted by Crippen LogP contribution is -2.44. The number of rotatable bonds is 2. The Hall–Kier alpha value is -2.54. The van der Waals surface area contributed by atoms with Crippen LogP contribution in [0.15, 0.2) is 33.8 Å². The van der Waals surface area contributed by atoms with Crippen LogP contribution in [-0.4, -0.2) is 19.5 Å². The molecule has 7 nitrogen and oxygen atoms in total. The molecule has 22 heavy (non-hydrogen) atoms. The lowest BCUT2D eigenvalue weighted by Gasteiger charge is -2.34. The Morgan fingerprint density at radius 2 is 2.23 bits per heavy atom. The average Bonchev–Trinajstić information content (AvgIpc) is 2.95. The first kappa shape index (κ1) is 13.1. The Morgan fingerprint density at radius 1 is 1.41 bits per heavy atom. The van der Waals surface area contributed by atoms with Gasteiger partial charge in [-0.15, -0.1) is 0 Å². The number of pyridine rings is 1. The van der Waals surface area contributed by atoms with E-state index < -0.39 is 5.54 Å². The fourth-order valence-electron chi connectivity index (χ4n) is 2.64. The minimum absolute atomic E-state index is 0.166. The fraction of sp³-hybridized carbons (Fsp3) is 0.333. The molecule has 0 saturated heterocycles. The van der Waals surface area contributed by atoms with Crippen molar-refractivity contribution in [2.75, 3.05) is 0 Å².